The van der Waals surface area contributed by atoms with Crippen LogP contribution in [0.15, 0.2) is 36.4 Å². The molecule has 2 amide bonds. The van der Waals surface area contributed by atoms with Crippen molar-refractivity contribution in [1.29, 1.82) is 0 Å². The summed E-state index contributed by atoms with van der Waals surface area (Å²) in [6, 6.07) is 9.64. The van der Waals surface area contributed by atoms with Gasteiger partial charge in [-0.25, -0.2) is 0 Å². The van der Waals surface area contributed by atoms with Gasteiger partial charge in [0, 0.05) is 17.8 Å². The molecule has 0 saturated heterocycles. The molecule has 8 heteroatoms. The van der Waals surface area contributed by atoms with Crippen LogP contribution < -0.4 is 24.8 Å². The van der Waals surface area contributed by atoms with E-state index in [0.717, 1.165) is 0 Å². The maximum Gasteiger partial charge on any atom is 0.314 e. The van der Waals surface area contributed by atoms with Crippen molar-refractivity contribution in [2.24, 2.45) is 0 Å². The number of ether oxygens (including phenoxy) is 3. The molecule has 0 spiro atoms. The summed E-state index contributed by atoms with van der Waals surface area (Å²) in [6.45, 7) is 0. The second kappa shape index (κ2) is 8.25. The second-order valence-corrected chi connectivity index (χ2v) is 5.21. The maximum atomic E-state index is 12.1. The first-order chi connectivity index (χ1) is 12.0. The van der Waals surface area contributed by atoms with Crippen LogP contribution in [0.4, 0.5) is 11.4 Å². The Morgan fingerprint density at radius 3 is 1.96 bits per heavy atom. The van der Waals surface area contributed by atoms with E-state index in [0.29, 0.717) is 33.6 Å². The van der Waals surface area contributed by atoms with Gasteiger partial charge in [-0.15, -0.1) is 0 Å². The van der Waals surface area contributed by atoms with Crippen molar-refractivity contribution in [3.8, 4) is 17.2 Å². The number of hydrogen-bond acceptors (Lipinski definition) is 5. The van der Waals surface area contributed by atoms with Gasteiger partial charge in [0.25, 0.3) is 0 Å². The predicted octanol–water partition coefficient (Wildman–Crippen LogP) is 2.94. The van der Waals surface area contributed by atoms with Crippen molar-refractivity contribution >= 4 is 34.8 Å². The Bertz CT molecular complexity index is 769. The fourth-order valence-electron chi connectivity index (χ4n) is 2.08. The van der Waals surface area contributed by atoms with Crippen molar-refractivity contribution in [3.63, 3.8) is 0 Å². The highest BCUT2D eigenvalue weighted by atomic mass is 35.5. The second-order valence-electron chi connectivity index (χ2n) is 4.80. The molecule has 0 bridgehead atoms. The van der Waals surface area contributed by atoms with Gasteiger partial charge >= 0.3 is 11.8 Å². The lowest BCUT2D eigenvalue weighted by Crippen LogP contribution is -2.29. The van der Waals surface area contributed by atoms with Crippen LogP contribution in [0.25, 0.3) is 0 Å². The third kappa shape index (κ3) is 4.33. The molecule has 0 fully saturated rings. The van der Waals surface area contributed by atoms with E-state index < -0.39 is 11.8 Å². The molecule has 25 heavy (non-hydrogen) atoms. The topological polar surface area (TPSA) is 85.9 Å². The van der Waals surface area contributed by atoms with Gasteiger partial charge in [-0.3, -0.25) is 9.59 Å². The maximum absolute atomic E-state index is 12.1. The highest BCUT2D eigenvalue weighted by Crippen LogP contribution is 2.39. The predicted molar refractivity (Wildman–Crippen MR) is 94.8 cm³/mol. The van der Waals surface area contributed by atoms with Gasteiger partial charge in [-0.1, -0.05) is 23.7 Å². The molecule has 0 aromatic heterocycles. The zero-order chi connectivity index (χ0) is 18.4. The van der Waals surface area contributed by atoms with Crippen molar-refractivity contribution in [3.05, 3.63) is 41.4 Å². The van der Waals surface area contributed by atoms with Crippen LogP contribution in [0.1, 0.15) is 0 Å². The molecule has 132 valence electrons. The Labute approximate surface area is 149 Å². The molecule has 7 nitrogen and oxygen atoms in total. The van der Waals surface area contributed by atoms with Crippen LogP contribution in [0, 0.1) is 0 Å². The number of amides is 2. The fraction of sp³-hybridized carbons (Fsp3) is 0.176. The summed E-state index contributed by atoms with van der Waals surface area (Å²) in [7, 11) is 4.37. The molecule has 2 aromatic carbocycles. The molecule has 2 rings (SSSR count). The Hall–Kier alpha value is -2.93. The smallest absolute Gasteiger partial charge is 0.314 e. The minimum Gasteiger partial charge on any atom is -0.493 e. The van der Waals surface area contributed by atoms with Crippen LogP contribution >= 0.6 is 11.6 Å². The minimum absolute atomic E-state index is 0.314. The first-order valence-electron chi connectivity index (χ1n) is 7.17. The summed E-state index contributed by atoms with van der Waals surface area (Å²) in [5.74, 6) is -0.646. The number of carbonyl (C=O) groups is 2. The average Bonchev–Trinajstić information content (AvgIpc) is 2.62. The molecule has 0 aliphatic heterocycles. The van der Waals surface area contributed by atoms with Gasteiger partial charge in [0.1, 0.15) is 0 Å². The summed E-state index contributed by atoms with van der Waals surface area (Å²) >= 11 is 5.95. The van der Waals surface area contributed by atoms with E-state index in [2.05, 4.69) is 10.6 Å². The lowest BCUT2D eigenvalue weighted by molar-refractivity contribution is -0.132. The van der Waals surface area contributed by atoms with Crippen LogP contribution in [0.5, 0.6) is 17.2 Å². The zero-order valence-electron chi connectivity index (χ0n) is 13.9. The molecular formula is C17H17ClN2O5. The van der Waals surface area contributed by atoms with Crippen molar-refractivity contribution in [2.45, 2.75) is 0 Å². The Morgan fingerprint density at radius 1 is 0.880 bits per heavy atom. The van der Waals surface area contributed by atoms with Gasteiger partial charge < -0.3 is 24.8 Å². The van der Waals surface area contributed by atoms with Crippen LogP contribution in [0.2, 0.25) is 5.02 Å². The summed E-state index contributed by atoms with van der Waals surface area (Å²) < 4.78 is 15.6. The molecular weight excluding hydrogens is 348 g/mol. The summed E-state index contributed by atoms with van der Waals surface area (Å²) in [6.07, 6.45) is 0. The van der Waals surface area contributed by atoms with Gasteiger partial charge in [-0.05, 0) is 12.1 Å². The lowest BCUT2D eigenvalue weighted by Gasteiger charge is -2.14. The largest absolute Gasteiger partial charge is 0.493 e. The van der Waals surface area contributed by atoms with E-state index in [1.807, 2.05) is 0 Å². The molecule has 0 heterocycles. The van der Waals surface area contributed by atoms with Gasteiger partial charge in [0.2, 0.25) is 5.75 Å². The molecule has 0 saturated carbocycles. The summed E-state index contributed by atoms with van der Waals surface area (Å²) in [4.78, 5) is 24.1. The van der Waals surface area contributed by atoms with Gasteiger partial charge in [0.15, 0.2) is 11.5 Å². The van der Waals surface area contributed by atoms with E-state index in [-0.39, 0.29) is 0 Å². The fourth-order valence-corrected chi connectivity index (χ4v) is 2.27. The van der Waals surface area contributed by atoms with E-state index in [1.165, 1.54) is 33.5 Å². The van der Waals surface area contributed by atoms with E-state index in [9.17, 15) is 9.59 Å². The molecule has 0 atom stereocenters. The number of rotatable bonds is 5. The highest BCUT2D eigenvalue weighted by molar-refractivity contribution is 6.44. The highest BCUT2D eigenvalue weighted by Gasteiger charge is 2.18. The quantitative estimate of drug-likeness (QED) is 0.797. The van der Waals surface area contributed by atoms with Crippen molar-refractivity contribution in [1.82, 2.24) is 0 Å². The molecule has 0 aliphatic rings. The van der Waals surface area contributed by atoms with Crippen LogP contribution in [-0.2, 0) is 9.59 Å². The standard InChI is InChI=1S/C17H17ClN2O5/c1-23-13-8-10(9-14(24-2)15(13)25-3)19-16(21)17(22)20-12-7-5-4-6-11(12)18/h4-9H,1-3H3,(H,19,21)(H,20,22). The Kier molecular flexibility index (Phi) is 6.08. The Morgan fingerprint density at radius 2 is 1.44 bits per heavy atom. The number of methoxy groups -OCH3 is 3. The number of para-hydroxylation sites is 1. The summed E-state index contributed by atoms with van der Waals surface area (Å²) in [5, 5.41) is 5.24. The minimum atomic E-state index is -0.866. The first-order valence-corrected chi connectivity index (χ1v) is 7.54. The molecule has 0 radical (unpaired) electrons. The number of carbonyl (C=O) groups excluding carboxylic acids is 2. The van der Waals surface area contributed by atoms with Gasteiger partial charge in [-0.2, -0.15) is 0 Å². The molecule has 2 aromatic rings. The number of benzene rings is 2. The SMILES string of the molecule is COc1cc(NC(=O)C(=O)Nc2ccccc2Cl)cc(OC)c1OC. The molecule has 2 N–H and O–H groups in total. The van der Waals surface area contributed by atoms with E-state index in [1.54, 1.807) is 24.3 Å². The van der Waals surface area contributed by atoms with Crippen LogP contribution in [0.3, 0.4) is 0 Å². The number of nitrogens with one attached hydrogen (secondary N) is 2. The number of anilines is 2. The number of hydrogen-bond donors (Lipinski definition) is 2. The Balaban J connectivity index is 2.17. The molecule has 0 aliphatic carbocycles. The lowest BCUT2D eigenvalue weighted by atomic mass is 10.2. The third-order valence-electron chi connectivity index (χ3n) is 3.25. The monoisotopic (exact) mass is 364 g/mol. The van der Waals surface area contributed by atoms with Gasteiger partial charge in [0.05, 0.1) is 32.0 Å². The van der Waals surface area contributed by atoms with Crippen LogP contribution in [-0.4, -0.2) is 33.1 Å². The normalized spacial score (nSPS) is 9.92. The van der Waals surface area contributed by atoms with Crippen molar-refractivity contribution in [2.75, 3.05) is 32.0 Å². The number of halogens is 1. The van der Waals surface area contributed by atoms with Crippen molar-refractivity contribution < 1.29 is 23.8 Å². The average molecular weight is 365 g/mol. The van der Waals surface area contributed by atoms with E-state index in [4.69, 9.17) is 25.8 Å². The molecule has 0 unspecified atom stereocenters. The first kappa shape index (κ1) is 18.4. The summed E-state index contributed by atoms with van der Waals surface area (Å²) in [5.41, 5.74) is 0.656. The van der Waals surface area contributed by atoms with E-state index >= 15 is 0 Å². The zero-order valence-corrected chi connectivity index (χ0v) is 14.6. The third-order valence-corrected chi connectivity index (χ3v) is 3.58.